The summed E-state index contributed by atoms with van der Waals surface area (Å²) in [5.74, 6) is -0.917. The molecule has 3 aromatic rings. The Morgan fingerprint density at radius 3 is 2.72 bits per heavy atom. The molecule has 0 saturated carbocycles. The van der Waals surface area contributed by atoms with E-state index in [2.05, 4.69) is 20.6 Å². The van der Waals surface area contributed by atoms with Gasteiger partial charge in [-0.2, -0.15) is 22.8 Å². The minimum atomic E-state index is -4.62. The maximum Gasteiger partial charge on any atom is 0.453 e. The van der Waals surface area contributed by atoms with E-state index in [0.717, 1.165) is 11.3 Å². The van der Waals surface area contributed by atoms with Gasteiger partial charge in [0.2, 0.25) is 4.96 Å². The minimum Gasteiger partial charge on any atom is -0.484 e. The maximum atomic E-state index is 12.7. The van der Waals surface area contributed by atoms with Crippen LogP contribution in [0.3, 0.4) is 0 Å². The summed E-state index contributed by atoms with van der Waals surface area (Å²) in [5.41, 5.74) is 0. The highest BCUT2D eigenvalue weighted by Gasteiger charge is 2.38. The van der Waals surface area contributed by atoms with Gasteiger partial charge in [-0.3, -0.25) is 4.79 Å². The molecule has 0 spiro atoms. The van der Waals surface area contributed by atoms with E-state index in [4.69, 9.17) is 4.74 Å². The van der Waals surface area contributed by atoms with Crippen LogP contribution in [0, 0.1) is 0 Å². The highest BCUT2D eigenvalue weighted by molar-refractivity contribution is 7.16. The molecule has 0 radical (unpaired) electrons. The molecular weight excluding hydrogens is 359 g/mol. The number of para-hydroxylation sites is 1. The van der Waals surface area contributed by atoms with Gasteiger partial charge in [-0.25, -0.2) is 0 Å². The lowest BCUT2D eigenvalue weighted by molar-refractivity contribution is -0.146. The third-order valence-electron chi connectivity index (χ3n) is 3.06. The third kappa shape index (κ3) is 4.24. The van der Waals surface area contributed by atoms with Crippen LogP contribution in [0.2, 0.25) is 0 Å². The summed E-state index contributed by atoms with van der Waals surface area (Å²) < 4.78 is 44.1. The molecule has 0 saturated heterocycles. The van der Waals surface area contributed by atoms with Gasteiger partial charge in [0.25, 0.3) is 11.7 Å². The lowest BCUT2D eigenvalue weighted by atomic mass is 10.3. The highest BCUT2D eigenvalue weighted by atomic mass is 32.1. The van der Waals surface area contributed by atoms with Gasteiger partial charge in [0.1, 0.15) is 10.8 Å². The fourth-order valence-electron chi connectivity index (χ4n) is 1.96. The van der Waals surface area contributed by atoms with E-state index in [1.165, 1.54) is 0 Å². The van der Waals surface area contributed by atoms with Crippen LogP contribution < -0.4 is 10.1 Å². The average molecular weight is 371 g/mol. The molecule has 2 aromatic heterocycles. The Kier molecular flexibility index (Phi) is 4.83. The van der Waals surface area contributed by atoms with Gasteiger partial charge < -0.3 is 10.1 Å². The smallest absolute Gasteiger partial charge is 0.453 e. The second-order valence-electron chi connectivity index (χ2n) is 4.91. The van der Waals surface area contributed by atoms with Crippen LogP contribution in [-0.2, 0) is 17.4 Å². The summed E-state index contributed by atoms with van der Waals surface area (Å²) in [6.07, 6.45) is -4.34. The normalized spacial score (nSPS) is 11.6. The lowest BCUT2D eigenvalue weighted by Crippen LogP contribution is -2.30. The molecule has 0 atom stereocenters. The van der Waals surface area contributed by atoms with Crippen molar-refractivity contribution in [2.75, 3.05) is 13.2 Å². The number of hydrogen-bond acceptors (Lipinski definition) is 6. The predicted octanol–water partition coefficient (Wildman–Crippen LogP) is 1.94. The predicted molar refractivity (Wildman–Crippen MR) is 82.3 cm³/mol. The fraction of sp³-hybridized carbons (Fsp3) is 0.286. The van der Waals surface area contributed by atoms with Crippen LogP contribution in [0.4, 0.5) is 13.2 Å². The van der Waals surface area contributed by atoms with E-state index in [-0.39, 0.29) is 30.4 Å². The van der Waals surface area contributed by atoms with Gasteiger partial charge in [0.15, 0.2) is 6.61 Å². The van der Waals surface area contributed by atoms with Crippen molar-refractivity contribution in [3.05, 3.63) is 41.2 Å². The molecule has 2 heterocycles. The first-order valence-corrected chi connectivity index (χ1v) is 7.98. The number of carbonyl (C=O) groups excluding carboxylic acids is 1. The number of hydrogen-bond donors (Lipinski definition) is 1. The summed E-state index contributed by atoms with van der Waals surface area (Å²) in [7, 11) is 0. The van der Waals surface area contributed by atoms with Crippen molar-refractivity contribution < 1.29 is 22.7 Å². The summed E-state index contributed by atoms with van der Waals surface area (Å²) in [5, 5.41) is 13.4. The molecule has 0 aliphatic rings. The zero-order chi connectivity index (χ0) is 17.9. The number of aromatic nitrogens is 4. The highest BCUT2D eigenvalue weighted by Crippen LogP contribution is 2.28. The van der Waals surface area contributed by atoms with Crippen LogP contribution in [0.15, 0.2) is 30.3 Å². The quantitative estimate of drug-likeness (QED) is 0.716. The van der Waals surface area contributed by atoms with Crippen LogP contribution in [0.25, 0.3) is 4.96 Å². The van der Waals surface area contributed by atoms with Crippen molar-refractivity contribution in [3.8, 4) is 5.75 Å². The van der Waals surface area contributed by atoms with Gasteiger partial charge in [-0.15, -0.1) is 10.2 Å². The second-order valence-corrected chi connectivity index (χ2v) is 5.95. The molecule has 3 rings (SSSR count). The van der Waals surface area contributed by atoms with E-state index in [9.17, 15) is 18.0 Å². The van der Waals surface area contributed by atoms with Crippen molar-refractivity contribution >= 4 is 22.2 Å². The number of nitrogens with zero attached hydrogens (tertiary/aromatic N) is 4. The second kappa shape index (κ2) is 7.05. The summed E-state index contributed by atoms with van der Waals surface area (Å²) >= 11 is 0.992. The molecule has 1 aromatic carbocycles. The van der Waals surface area contributed by atoms with E-state index in [1.807, 2.05) is 6.07 Å². The lowest BCUT2D eigenvalue weighted by Gasteiger charge is -2.06. The van der Waals surface area contributed by atoms with E-state index < -0.39 is 12.0 Å². The van der Waals surface area contributed by atoms with E-state index in [0.29, 0.717) is 15.3 Å². The number of fused-ring (bicyclic) bond motifs is 1. The molecule has 0 bridgehead atoms. The summed E-state index contributed by atoms with van der Waals surface area (Å²) in [4.78, 5) is 11.7. The molecular formula is C14H12F3N5O2S. The topological polar surface area (TPSA) is 81.4 Å². The van der Waals surface area contributed by atoms with Crippen LogP contribution in [0.5, 0.6) is 5.75 Å². The Balaban J connectivity index is 1.49. The van der Waals surface area contributed by atoms with Gasteiger partial charge >= 0.3 is 6.18 Å². The standard InChI is InChI=1S/C14H12F3N5O2S/c15-14(16,17)12-19-20-13-22(12)21-11(25-13)6-7-18-10(23)8-24-9-4-2-1-3-5-9/h1-5H,6-8H2,(H,18,23). The summed E-state index contributed by atoms with van der Waals surface area (Å²) in [6.45, 7) is 0.0791. The van der Waals surface area contributed by atoms with Crippen molar-refractivity contribution in [2.24, 2.45) is 0 Å². The van der Waals surface area contributed by atoms with Crippen molar-refractivity contribution in [2.45, 2.75) is 12.6 Å². The van der Waals surface area contributed by atoms with Gasteiger partial charge in [0.05, 0.1) is 0 Å². The summed E-state index contributed by atoms with van der Waals surface area (Å²) in [6, 6.07) is 8.86. The fourth-order valence-corrected chi connectivity index (χ4v) is 2.79. The molecule has 25 heavy (non-hydrogen) atoms. The number of halogens is 3. The molecule has 0 aliphatic carbocycles. The molecule has 1 N–H and O–H groups in total. The number of rotatable bonds is 6. The van der Waals surface area contributed by atoms with Gasteiger partial charge in [0, 0.05) is 13.0 Å². The first-order valence-electron chi connectivity index (χ1n) is 7.16. The van der Waals surface area contributed by atoms with Crippen molar-refractivity contribution in [1.82, 2.24) is 25.1 Å². The largest absolute Gasteiger partial charge is 0.484 e. The molecule has 132 valence electrons. The molecule has 0 fully saturated rings. The zero-order valence-electron chi connectivity index (χ0n) is 12.7. The molecule has 1 amide bonds. The van der Waals surface area contributed by atoms with Gasteiger partial charge in [-0.1, -0.05) is 29.5 Å². The van der Waals surface area contributed by atoms with Crippen molar-refractivity contribution in [3.63, 3.8) is 0 Å². The third-order valence-corrected chi connectivity index (χ3v) is 4.02. The van der Waals surface area contributed by atoms with Crippen LogP contribution >= 0.6 is 11.3 Å². The Hall–Kier alpha value is -2.69. The van der Waals surface area contributed by atoms with Crippen LogP contribution in [-0.4, -0.2) is 38.9 Å². The molecule has 7 nitrogen and oxygen atoms in total. The average Bonchev–Trinajstić information content (AvgIpc) is 3.13. The zero-order valence-corrected chi connectivity index (χ0v) is 13.5. The van der Waals surface area contributed by atoms with Crippen LogP contribution in [0.1, 0.15) is 10.8 Å². The molecule has 0 unspecified atom stereocenters. The Bertz CT molecular complexity index is 862. The Morgan fingerprint density at radius 2 is 2.00 bits per heavy atom. The Labute approximate surface area is 143 Å². The Morgan fingerprint density at radius 1 is 1.24 bits per heavy atom. The molecule has 11 heteroatoms. The number of ether oxygens (including phenoxy) is 1. The number of nitrogens with one attached hydrogen (secondary N) is 1. The van der Waals surface area contributed by atoms with E-state index >= 15 is 0 Å². The minimum absolute atomic E-state index is 0.0565. The first-order chi connectivity index (χ1) is 11.9. The number of benzene rings is 1. The SMILES string of the molecule is O=C(COc1ccccc1)NCCc1nn2c(C(F)(F)F)nnc2s1. The first kappa shape index (κ1) is 17.1. The number of alkyl halides is 3. The van der Waals surface area contributed by atoms with E-state index in [1.54, 1.807) is 24.3 Å². The van der Waals surface area contributed by atoms with Gasteiger partial charge in [-0.05, 0) is 12.1 Å². The number of amides is 1. The monoisotopic (exact) mass is 371 g/mol. The molecule has 0 aliphatic heterocycles. The van der Waals surface area contributed by atoms with Crippen molar-refractivity contribution in [1.29, 1.82) is 0 Å². The number of carbonyl (C=O) groups is 1. The maximum absolute atomic E-state index is 12.7.